The molecule has 0 aliphatic heterocycles. The summed E-state index contributed by atoms with van der Waals surface area (Å²) in [5.74, 6) is -0.953. The van der Waals surface area contributed by atoms with Crippen LogP contribution in [0.1, 0.15) is 15.9 Å². The van der Waals surface area contributed by atoms with Crippen molar-refractivity contribution < 1.29 is 9.90 Å². The number of aromatic nitrogens is 2. The first-order valence-electron chi connectivity index (χ1n) is 6.11. The Bertz CT molecular complexity index is 718. The Morgan fingerprint density at radius 1 is 1.25 bits per heavy atom. The van der Waals surface area contributed by atoms with Crippen LogP contribution in [0.5, 0.6) is 0 Å². The minimum absolute atomic E-state index is 0.235. The molecule has 0 aliphatic carbocycles. The molecule has 3 aromatic rings. The smallest absolute Gasteiger partial charge is 0.339 e. The highest BCUT2D eigenvalue weighted by Gasteiger charge is 2.17. The molecule has 3 rings (SSSR count). The van der Waals surface area contributed by atoms with Crippen molar-refractivity contribution in [1.29, 1.82) is 0 Å². The first-order chi connectivity index (χ1) is 9.74. The molecule has 2 heterocycles. The van der Waals surface area contributed by atoms with Crippen LogP contribution in [0.15, 0.2) is 53.4 Å². The van der Waals surface area contributed by atoms with Gasteiger partial charge in [-0.15, -0.1) is 0 Å². The van der Waals surface area contributed by atoms with Crippen LogP contribution in [0.2, 0.25) is 0 Å². The van der Waals surface area contributed by atoms with Gasteiger partial charge < -0.3 is 5.11 Å². The number of aromatic carboxylic acids is 1. The van der Waals surface area contributed by atoms with E-state index in [1.54, 1.807) is 10.9 Å². The minimum atomic E-state index is -0.953. The van der Waals surface area contributed by atoms with Crippen molar-refractivity contribution in [3.63, 3.8) is 0 Å². The summed E-state index contributed by atoms with van der Waals surface area (Å²) >= 11 is 1.53. The number of rotatable bonds is 4. The topological polar surface area (TPSA) is 55.1 Å². The lowest BCUT2D eigenvalue weighted by Crippen LogP contribution is -2.00. The quantitative estimate of drug-likeness (QED) is 0.799. The zero-order valence-corrected chi connectivity index (χ0v) is 11.4. The Morgan fingerprint density at radius 3 is 2.70 bits per heavy atom. The third-order valence-corrected chi connectivity index (χ3v) is 3.66. The molecule has 4 nitrogen and oxygen atoms in total. The van der Waals surface area contributed by atoms with E-state index in [0.717, 1.165) is 11.1 Å². The van der Waals surface area contributed by atoms with Gasteiger partial charge in [-0.2, -0.15) is 16.4 Å². The van der Waals surface area contributed by atoms with E-state index in [2.05, 4.69) is 5.10 Å². The number of nitrogens with zero attached hydrogens (tertiary/aromatic N) is 2. The summed E-state index contributed by atoms with van der Waals surface area (Å²) in [6.45, 7) is 0.561. The summed E-state index contributed by atoms with van der Waals surface area (Å²) < 4.78 is 1.67. The van der Waals surface area contributed by atoms with Crippen LogP contribution in [-0.4, -0.2) is 20.9 Å². The largest absolute Gasteiger partial charge is 0.478 e. The van der Waals surface area contributed by atoms with E-state index in [1.807, 2.05) is 47.2 Å². The Labute approximate surface area is 119 Å². The minimum Gasteiger partial charge on any atom is -0.478 e. The van der Waals surface area contributed by atoms with E-state index in [4.69, 9.17) is 0 Å². The number of carboxylic acid groups (broad SMARTS) is 1. The van der Waals surface area contributed by atoms with Gasteiger partial charge in [0, 0.05) is 17.1 Å². The van der Waals surface area contributed by atoms with E-state index >= 15 is 0 Å². The first-order valence-corrected chi connectivity index (χ1v) is 7.05. The van der Waals surface area contributed by atoms with Crippen molar-refractivity contribution in [3.05, 3.63) is 64.5 Å². The van der Waals surface area contributed by atoms with Crippen molar-refractivity contribution in [1.82, 2.24) is 9.78 Å². The van der Waals surface area contributed by atoms with E-state index in [0.29, 0.717) is 12.2 Å². The lowest BCUT2D eigenvalue weighted by Gasteiger charge is -2.00. The van der Waals surface area contributed by atoms with Gasteiger partial charge in [-0.05, 0) is 17.0 Å². The highest BCUT2D eigenvalue weighted by molar-refractivity contribution is 7.08. The van der Waals surface area contributed by atoms with Gasteiger partial charge in [0.1, 0.15) is 11.3 Å². The third kappa shape index (κ3) is 2.48. The number of hydrogen-bond acceptors (Lipinski definition) is 3. The van der Waals surface area contributed by atoms with Gasteiger partial charge in [-0.1, -0.05) is 30.3 Å². The fourth-order valence-corrected chi connectivity index (χ4v) is 2.68. The van der Waals surface area contributed by atoms with Gasteiger partial charge in [0.15, 0.2) is 0 Å². The number of carbonyl (C=O) groups is 1. The van der Waals surface area contributed by atoms with Crippen molar-refractivity contribution in [2.45, 2.75) is 6.54 Å². The van der Waals surface area contributed by atoms with Crippen LogP contribution >= 0.6 is 11.3 Å². The summed E-state index contributed by atoms with van der Waals surface area (Å²) in [7, 11) is 0. The zero-order valence-electron chi connectivity index (χ0n) is 10.6. The Kier molecular flexibility index (Phi) is 3.35. The van der Waals surface area contributed by atoms with Crippen molar-refractivity contribution in [3.8, 4) is 11.3 Å². The van der Waals surface area contributed by atoms with Gasteiger partial charge in [0.05, 0.1) is 6.54 Å². The van der Waals surface area contributed by atoms with Crippen LogP contribution < -0.4 is 0 Å². The molecule has 0 amide bonds. The number of carboxylic acids is 1. The highest BCUT2D eigenvalue weighted by atomic mass is 32.1. The van der Waals surface area contributed by atoms with Crippen molar-refractivity contribution in [2.24, 2.45) is 0 Å². The van der Waals surface area contributed by atoms with Crippen LogP contribution in [0.3, 0.4) is 0 Å². The van der Waals surface area contributed by atoms with Crippen LogP contribution in [0.25, 0.3) is 11.3 Å². The second kappa shape index (κ2) is 5.30. The van der Waals surface area contributed by atoms with Gasteiger partial charge >= 0.3 is 5.97 Å². The molecule has 20 heavy (non-hydrogen) atoms. The van der Waals surface area contributed by atoms with Gasteiger partial charge in [-0.3, -0.25) is 4.68 Å². The molecule has 0 aliphatic rings. The first kappa shape index (κ1) is 12.6. The third-order valence-electron chi connectivity index (χ3n) is 2.97. The summed E-state index contributed by atoms with van der Waals surface area (Å²) in [6.07, 6.45) is 1.59. The molecular formula is C15H12N2O2S. The molecule has 0 radical (unpaired) electrons. The predicted molar refractivity (Wildman–Crippen MR) is 78.0 cm³/mol. The van der Waals surface area contributed by atoms with Gasteiger partial charge in [0.25, 0.3) is 0 Å². The monoisotopic (exact) mass is 284 g/mol. The Balaban J connectivity index is 1.98. The molecular weight excluding hydrogens is 272 g/mol. The molecule has 0 unspecified atom stereocenters. The molecule has 0 spiro atoms. The second-order valence-electron chi connectivity index (χ2n) is 4.39. The molecule has 0 atom stereocenters. The number of thiophene rings is 1. The normalized spacial score (nSPS) is 10.6. The summed E-state index contributed by atoms with van der Waals surface area (Å²) in [5.41, 5.74) is 2.69. The van der Waals surface area contributed by atoms with Crippen LogP contribution in [0.4, 0.5) is 0 Å². The summed E-state index contributed by atoms with van der Waals surface area (Å²) in [6, 6.07) is 11.7. The van der Waals surface area contributed by atoms with E-state index in [9.17, 15) is 9.90 Å². The Hall–Kier alpha value is -2.40. The van der Waals surface area contributed by atoms with Gasteiger partial charge in [0.2, 0.25) is 0 Å². The highest BCUT2D eigenvalue weighted by Crippen LogP contribution is 2.24. The van der Waals surface area contributed by atoms with E-state index in [-0.39, 0.29) is 5.56 Å². The average molecular weight is 284 g/mol. The lowest BCUT2D eigenvalue weighted by molar-refractivity contribution is 0.0697. The fraction of sp³-hybridized carbons (Fsp3) is 0.0667. The van der Waals surface area contributed by atoms with Crippen LogP contribution in [-0.2, 0) is 6.54 Å². The molecule has 2 aromatic heterocycles. The molecule has 0 fully saturated rings. The molecule has 100 valence electrons. The van der Waals surface area contributed by atoms with Crippen molar-refractivity contribution >= 4 is 17.3 Å². The lowest BCUT2D eigenvalue weighted by atomic mass is 10.1. The maximum absolute atomic E-state index is 11.3. The summed E-state index contributed by atoms with van der Waals surface area (Å²) in [5, 5.41) is 17.5. The molecule has 0 saturated carbocycles. The molecule has 0 bridgehead atoms. The van der Waals surface area contributed by atoms with Gasteiger partial charge in [-0.25, -0.2) is 4.79 Å². The summed E-state index contributed by atoms with van der Waals surface area (Å²) in [4.78, 5) is 11.3. The van der Waals surface area contributed by atoms with E-state index < -0.39 is 5.97 Å². The fourth-order valence-electron chi connectivity index (χ4n) is 2.04. The molecule has 0 saturated heterocycles. The van der Waals surface area contributed by atoms with E-state index in [1.165, 1.54) is 11.3 Å². The second-order valence-corrected chi connectivity index (χ2v) is 5.17. The number of benzene rings is 1. The maximum Gasteiger partial charge on any atom is 0.339 e. The Morgan fingerprint density at radius 2 is 2.05 bits per heavy atom. The molecule has 1 aromatic carbocycles. The molecule has 5 heteroatoms. The standard InChI is InChI=1S/C15H12N2O2S/c18-15(19)13-9-17(8-11-4-2-1-3-5-11)16-14(13)12-6-7-20-10-12/h1-7,9-10H,8H2,(H,18,19). The predicted octanol–water partition coefficient (Wildman–Crippen LogP) is 3.36. The zero-order chi connectivity index (χ0) is 13.9. The SMILES string of the molecule is O=C(O)c1cn(Cc2ccccc2)nc1-c1ccsc1. The van der Waals surface area contributed by atoms with Crippen LogP contribution in [0, 0.1) is 0 Å². The average Bonchev–Trinajstić information content (AvgIpc) is 3.08. The number of hydrogen-bond donors (Lipinski definition) is 1. The van der Waals surface area contributed by atoms with Crippen molar-refractivity contribution in [2.75, 3.05) is 0 Å². The molecule has 1 N–H and O–H groups in total. The maximum atomic E-state index is 11.3.